The summed E-state index contributed by atoms with van der Waals surface area (Å²) in [5, 5.41) is 0. The van der Waals surface area contributed by atoms with E-state index in [0.29, 0.717) is 6.54 Å². The molecule has 1 aromatic carbocycles. The zero-order chi connectivity index (χ0) is 19.7. The SMILES string of the molecule is CCC1(CC)COC(Cc2c(C)c(C)cc(C)c2C)(Cn2ccnc2)OC1. The van der Waals surface area contributed by atoms with E-state index in [0.717, 1.165) is 32.5 Å². The summed E-state index contributed by atoms with van der Waals surface area (Å²) in [7, 11) is 0. The standard InChI is InChI=1S/C23H34N2O2/c1-7-22(8-2)14-26-23(27-15-22,13-25-10-9-24-16-25)12-21-19(5)17(3)11-18(4)20(21)6/h9-11,16H,7-8,12-15H2,1-6H3. The lowest BCUT2D eigenvalue weighted by Crippen LogP contribution is -2.53. The van der Waals surface area contributed by atoms with Crippen LogP contribution in [0.2, 0.25) is 0 Å². The third kappa shape index (κ3) is 3.97. The van der Waals surface area contributed by atoms with E-state index in [1.165, 1.54) is 27.8 Å². The molecule has 148 valence electrons. The highest BCUT2D eigenvalue weighted by Gasteiger charge is 2.44. The Balaban J connectivity index is 1.95. The Bertz CT molecular complexity index is 740. The lowest BCUT2D eigenvalue weighted by Gasteiger charge is -2.46. The molecule has 1 fully saturated rings. The van der Waals surface area contributed by atoms with Gasteiger partial charge in [-0.25, -0.2) is 4.98 Å². The highest BCUT2D eigenvalue weighted by molar-refractivity contribution is 5.44. The predicted molar refractivity (Wildman–Crippen MR) is 109 cm³/mol. The van der Waals surface area contributed by atoms with Crippen LogP contribution in [0.1, 0.15) is 54.5 Å². The molecule has 0 aliphatic carbocycles. The van der Waals surface area contributed by atoms with Crippen LogP contribution >= 0.6 is 0 Å². The van der Waals surface area contributed by atoms with Gasteiger partial charge in [-0.2, -0.15) is 0 Å². The van der Waals surface area contributed by atoms with Crippen molar-refractivity contribution in [3.63, 3.8) is 0 Å². The first-order valence-electron chi connectivity index (χ1n) is 10.1. The van der Waals surface area contributed by atoms with Crippen molar-refractivity contribution >= 4 is 0 Å². The van der Waals surface area contributed by atoms with Crippen LogP contribution < -0.4 is 0 Å². The lowest BCUT2D eigenvalue weighted by atomic mass is 9.82. The summed E-state index contributed by atoms with van der Waals surface area (Å²) in [4.78, 5) is 4.20. The Morgan fingerprint density at radius 1 is 1.00 bits per heavy atom. The van der Waals surface area contributed by atoms with Crippen molar-refractivity contribution in [2.45, 2.75) is 73.1 Å². The fourth-order valence-electron chi connectivity index (χ4n) is 4.05. The summed E-state index contributed by atoms with van der Waals surface area (Å²) in [6, 6.07) is 2.28. The monoisotopic (exact) mass is 370 g/mol. The van der Waals surface area contributed by atoms with Gasteiger partial charge in [-0.15, -0.1) is 0 Å². The first-order valence-corrected chi connectivity index (χ1v) is 10.1. The number of imidazole rings is 1. The van der Waals surface area contributed by atoms with Gasteiger partial charge in [0.15, 0.2) is 5.79 Å². The zero-order valence-corrected chi connectivity index (χ0v) is 17.8. The molecule has 0 bridgehead atoms. The van der Waals surface area contributed by atoms with Crippen LogP contribution in [0.3, 0.4) is 0 Å². The molecule has 1 saturated heterocycles. The second-order valence-electron chi connectivity index (χ2n) is 8.35. The van der Waals surface area contributed by atoms with Gasteiger partial charge in [0.2, 0.25) is 0 Å². The highest BCUT2D eigenvalue weighted by atomic mass is 16.7. The van der Waals surface area contributed by atoms with Gasteiger partial charge < -0.3 is 14.0 Å². The molecule has 3 rings (SSSR count). The molecule has 4 heteroatoms. The minimum atomic E-state index is -0.649. The van der Waals surface area contributed by atoms with Gasteiger partial charge in [0.25, 0.3) is 0 Å². The first kappa shape index (κ1) is 20.1. The Kier molecular flexibility index (Phi) is 5.78. The van der Waals surface area contributed by atoms with E-state index >= 15 is 0 Å². The smallest absolute Gasteiger partial charge is 0.190 e. The van der Waals surface area contributed by atoms with Gasteiger partial charge in [-0.05, 0) is 68.4 Å². The average Bonchev–Trinajstić information content (AvgIpc) is 3.17. The number of hydrogen-bond acceptors (Lipinski definition) is 3. The molecule has 1 aliphatic rings. The molecule has 2 aromatic rings. The molecule has 0 atom stereocenters. The third-order valence-corrected chi connectivity index (χ3v) is 6.73. The Morgan fingerprint density at radius 2 is 1.59 bits per heavy atom. The van der Waals surface area contributed by atoms with Crippen LogP contribution in [-0.2, 0) is 22.4 Å². The van der Waals surface area contributed by atoms with Crippen LogP contribution in [-0.4, -0.2) is 28.6 Å². The summed E-state index contributed by atoms with van der Waals surface area (Å²) in [6.07, 6.45) is 8.55. The summed E-state index contributed by atoms with van der Waals surface area (Å²) in [5.41, 5.74) is 6.84. The molecular formula is C23H34N2O2. The maximum Gasteiger partial charge on any atom is 0.190 e. The number of aromatic nitrogens is 2. The first-order chi connectivity index (χ1) is 12.8. The van der Waals surface area contributed by atoms with Gasteiger partial charge in [0.1, 0.15) is 0 Å². The zero-order valence-electron chi connectivity index (χ0n) is 17.8. The Hall–Kier alpha value is -1.65. The molecule has 0 spiro atoms. The lowest BCUT2D eigenvalue weighted by molar-refractivity contribution is -0.310. The molecular weight excluding hydrogens is 336 g/mol. The maximum atomic E-state index is 6.56. The van der Waals surface area contributed by atoms with Crippen molar-refractivity contribution in [1.29, 1.82) is 0 Å². The summed E-state index contributed by atoms with van der Waals surface area (Å²) in [6.45, 7) is 15.4. The number of aryl methyl sites for hydroxylation is 2. The molecule has 0 N–H and O–H groups in total. The number of nitrogens with zero attached hydrogens (tertiary/aromatic N) is 2. The van der Waals surface area contributed by atoms with Crippen LogP contribution in [0.15, 0.2) is 24.8 Å². The molecule has 4 nitrogen and oxygen atoms in total. The topological polar surface area (TPSA) is 36.3 Å². The molecule has 1 aliphatic heterocycles. The minimum absolute atomic E-state index is 0.130. The normalized spacial score (nSPS) is 18.6. The van der Waals surface area contributed by atoms with Crippen LogP contribution in [0.5, 0.6) is 0 Å². The van der Waals surface area contributed by atoms with Gasteiger partial charge in [0.05, 0.1) is 26.1 Å². The molecule has 0 radical (unpaired) electrons. The fraction of sp³-hybridized carbons (Fsp3) is 0.609. The van der Waals surface area contributed by atoms with E-state index in [-0.39, 0.29) is 5.41 Å². The third-order valence-electron chi connectivity index (χ3n) is 6.73. The van der Waals surface area contributed by atoms with Gasteiger partial charge in [-0.1, -0.05) is 19.9 Å². The quantitative estimate of drug-likeness (QED) is 0.725. The van der Waals surface area contributed by atoms with Crippen LogP contribution in [0, 0.1) is 33.1 Å². The van der Waals surface area contributed by atoms with Crippen molar-refractivity contribution in [2.24, 2.45) is 5.41 Å². The van der Waals surface area contributed by atoms with Gasteiger partial charge >= 0.3 is 0 Å². The van der Waals surface area contributed by atoms with Crippen molar-refractivity contribution in [2.75, 3.05) is 13.2 Å². The summed E-state index contributed by atoms with van der Waals surface area (Å²) in [5.74, 6) is -0.649. The number of ether oxygens (including phenoxy) is 2. The molecule has 0 amide bonds. The predicted octanol–water partition coefficient (Wildman–Crippen LogP) is 4.91. The van der Waals surface area contributed by atoms with Crippen molar-refractivity contribution in [3.8, 4) is 0 Å². The van der Waals surface area contributed by atoms with Crippen LogP contribution in [0.4, 0.5) is 0 Å². The summed E-state index contributed by atoms with van der Waals surface area (Å²) >= 11 is 0. The van der Waals surface area contributed by atoms with Gasteiger partial charge in [-0.3, -0.25) is 0 Å². The van der Waals surface area contributed by atoms with Crippen molar-refractivity contribution < 1.29 is 9.47 Å². The summed E-state index contributed by atoms with van der Waals surface area (Å²) < 4.78 is 15.2. The fourth-order valence-corrected chi connectivity index (χ4v) is 4.05. The second kappa shape index (κ2) is 7.76. The molecule has 1 aromatic heterocycles. The minimum Gasteiger partial charge on any atom is -0.347 e. The van der Waals surface area contributed by atoms with E-state index in [2.05, 4.69) is 57.2 Å². The average molecular weight is 371 g/mol. The molecule has 27 heavy (non-hydrogen) atoms. The van der Waals surface area contributed by atoms with Crippen molar-refractivity contribution in [1.82, 2.24) is 9.55 Å². The van der Waals surface area contributed by atoms with E-state index in [4.69, 9.17) is 9.47 Å². The maximum absolute atomic E-state index is 6.56. The molecule has 0 unspecified atom stereocenters. The van der Waals surface area contributed by atoms with Crippen molar-refractivity contribution in [3.05, 3.63) is 52.6 Å². The molecule has 0 saturated carbocycles. The Morgan fingerprint density at radius 3 is 2.07 bits per heavy atom. The number of rotatable bonds is 6. The van der Waals surface area contributed by atoms with E-state index in [1.54, 1.807) is 0 Å². The van der Waals surface area contributed by atoms with Crippen LogP contribution in [0.25, 0.3) is 0 Å². The van der Waals surface area contributed by atoms with E-state index in [9.17, 15) is 0 Å². The number of benzene rings is 1. The van der Waals surface area contributed by atoms with E-state index in [1.807, 2.05) is 18.7 Å². The largest absolute Gasteiger partial charge is 0.347 e. The molecule has 2 heterocycles. The van der Waals surface area contributed by atoms with Gasteiger partial charge in [0, 0.05) is 24.2 Å². The highest BCUT2D eigenvalue weighted by Crippen LogP contribution is 2.39. The number of hydrogen-bond donors (Lipinski definition) is 0. The Labute approximate surface area is 163 Å². The second-order valence-corrected chi connectivity index (χ2v) is 8.35. The van der Waals surface area contributed by atoms with E-state index < -0.39 is 5.79 Å².